The fourth-order valence-corrected chi connectivity index (χ4v) is 1.93. The molecule has 1 aromatic carbocycles. The maximum absolute atomic E-state index is 12.4. The molecule has 6 heteroatoms. The van der Waals surface area contributed by atoms with Gasteiger partial charge in [-0.3, -0.25) is 9.48 Å². The highest BCUT2D eigenvalue weighted by Gasteiger charge is 2.17. The maximum Gasteiger partial charge on any atom is 0.276 e. The molecule has 6 nitrogen and oxygen atoms in total. The molecule has 106 valence electrons. The number of carbonyl (C=O) groups excluding carboxylic acids is 1. The molecule has 0 bridgehead atoms. The molecule has 0 atom stereocenters. The molecule has 0 unspecified atom stereocenters. The van der Waals surface area contributed by atoms with Gasteiger partial charge in [0.1, 0.15) is 0 Å². The fraction of sp³-hybridized carbons (Fsp3) is 0.357. The highest BCUT2D eigenvalue weighted by atomic mass is 16.2. The molecule has 0 aliphatic rings. The van der Waals surface area contributed by atoms with Crippen molar-refractivity contribution in [3.05, 3.63) is 47.8 Å². The van der Waals surface area contributed by atoms with Crippen molar-refractivity contribution in [2.45, 2.75) is 20.0 Å². The second-order valence-corrected chi connectivity index (χ2v) is 4.46. The van der Waals surface area contributed by atoms with Crippen LogP contribution in [0, 0.1) is 0 Å². The van der Waals surface area contributed by atoms with Gasteiger partial charge in [0.15, 0.2) is 5.69 Å². The Morgan fingerprint density at radius 3 is 2.75 bits per heavy atom. The van der Waals surface area contributed by atoms with Crippen molar-refractivity contribution in [2.75, 3.05) is 13.1 Å². The van der Waals surface area contributed by atoms with E-state index in [2.05, 4.69) is 10.3 Å². The van der Waals surface area contributed by atoms with Crippen LogP contribution in [0.2, 0.25) is 0 Å². The van der Waals surface area contributed by atoms with Gasteiger partial charge in [0, 0.05) is 19.6 Å². The summed E-state index contributed by atoms with van der Waals surface area (Å²) in [5.74, 6) is -0.111. The summed E-state index contributed by atoms with van der Waals surface area (Å²) in [5, 5.41) is 7.80. The predicted molar refractivity (Wildman–Crippen MR) is 75.9 cm³/mol. The molecular formula is C14H19N5O. The van der Waals surface area contributed by atoms with Gasteiger partial charge in [0.25, 0.3) is 5.91 Å². The van der Waals surface area contributed by atoms with Crippen molar-refractivity contribution in [3.8, 4) is 0 Å². The van der Waals surface area contributed by atoms with Gasteiger partial charge in [-0.2, -0.15) is 0 Å². The van der Waals surface area contributed by atoms with Crippen molar-refractivity contribution in [1.29, 1.82) is 0 Å². The lowest BCUT2D eigenvalue weighted by Gasteiger charge is -2.19. The van der Waals surface area contributed by atoms with Gasteiger partial charge in [0.2, 0.25) is 0 Å². The molecule has 1 aromatic heterocycles. The largest absolute Gasteiger partial charge is 0.333 e. The molecule has 2 rings (SSSR count). The number of aromatic nitrogens is 3. The number of rotatable bonds is 6. The van der Waals surface area contributed by atoms with Crippen LogP contribution in [-0.4, -0.2) is 38.9 Å². The molecule has 0 radical (unpaired) electrons. The van der Waals surface area contributed by atoms with Gasteiger partial charge >= 0.3 is 0 Å². The Kier molecular flexibility index (Phi) is 4.84. The number of hydrogen-bond donors (Lipinski definition) is 1. The highest BCUT2D eigenvalue weighted by molar-refractivity contribution is 5.91. The normalized spacial score (nSPS) is 10.5. The minimum absolute atomic E-state index is 0.111. The monoisotopic (exact) mass is 273 g/mol. The van der Waals surface area contributed by atoms with Gasteiger partial charge in [-0.05, 0) is 12.5 Å². The van der Waals surface area contributed by atoms with E-state index in [1.54, 1.807) is 15.8 Å². The second-order valence-electron chi connectivity index (χ2n) is 4.46. The van der Waals surface area contributed by atoms with Crippen LogP contribution >= 0.6 is 0 Å². The van der Waals surface area contributed by atoms with Crippen LogP contribution in [0.5, 0.6) is 0 Å². The van der Waals surface area contributed by atoms with E-state index < -0.39 is 0 Å². The van der Waals surface area contributed by atoms with Gasteiger partial charge in [-0.25, -0.2) is 0 Å². The summed E-state index contributed by atoms with van der Waals surface area (Å²) in [6.45, 7) is 4.17. The van der Waals surface area contributed by atoms with E-state index in [4.69, 9.17) is 5.73 Å². The molecule has 2 aromatic rings. The quantitative estimate of drug-likeness (QED) is 0.848. The Hall–Kier alpha value is -2.21. The lowest BCUT2D eigenvalue weighted by molar-refractivity contribution is 0.0746. The summed E-state index contributed by atoms with van der Waals surface area (Å²) in [6.07, 6.45) is 1.64. The Labute approximate surface area is 118 Å². The van der Waals surface area contributed by atoms with Crippen molar-refractivity contribution >= 4 is 5.91 Å². The molecule has 0 saturated heterocycles. The lowest BCUT2D eigenvalue weighted by Crippen LogP contribution is -2.30. The summed E-state index contributed by atoms with van der Waals surface area (Å²) >= 11 is 0. The number of nitrogens with zero attached hydrogens (tertiary/aromatic N) is 4. The van der Waals surface area contributed by atoms with E-state index in [0.29, 0.717) is 31.9 Å². The number of hydrogen-bond acceptors (Lipinski definition) is 4. The number of carbonyl (C=O) groups is 1. The van der Waals surface area contributed by atoms with Gasteiger partial charge in [-0.1, -0.05) is 35.5 Å². The molecule has 20 heavy (non-hydrogen) atoms. The zero-order valence-corrected chi connectivity index (χ0v) is 11.6. The van der Waals surface area contributed by atoms with Crippen molar-refractivity contribution in [1.82, 2.24) is 19.9 Å². The third-order valence-corrected chi connectivity index (χ3v) is 3.00. The maximum atomic E-state index is 12.4. The van der Waals surface area contributed by atoms with Crippen LogP contribution in [0.4, 0.5) is 0 Å². The van der Waals surface area contributed by atoms with Crippen LogP contribution in [0.15, 0.2) is 36.5 Å². The van der Waals surface area contributed by atoms with E-state index in [0.717, 1.165) is 5.56 Å². The molecule has 1 heterocycles. The Bertz CT molecular complexity index is 552. The second kappa shape index (κ2) is 6.81. The molecular weight excluding hydrogens is 254 g/mol. The smallest absolute Gasteiger partial charge is 0.276 e. The number of amides is 1. The first-order valence-electron chi connectivity index (χ1n) is 6.68. The molecule has 2 N–H and O–H groups in total. The third-order valence-electron chi connectivity index (χ3n) is 3.00. The minimum Gasteiger partial charge on any atom is -0.333 e. The summed E-state index contributed by atoms with van der Waals surface area (Å²) in [5.41, 5.74) is 6.90. The molecule has 1 amide bonds. The van der Waals surface area contributed by atoms with Gasteiger partial charge < -0.3 is 10.6 Å². The van der Waals surface area contributed by atoms with Gasteiger partial charge in [0.05, 0.1) is 12.7 Å². The molecule has 0 fully saturated rings. The van der Waals surface area contributed by atoms with E-state index in [9.17, 15) is 4.79 Å². The van der Waals surface area contributed by atoms with E-state index in [1.165, 1.54) is 0 Å². The highest BCUT2D eigenvalue weighted by Crippen LogP contribution is 2.08. The molecule has 0 aliphatic heterocycles. The summed E-state index contributed by atoms with van der Waals surface area (Å²) < 4.78 is 1.59. The summed E-state index contributed by atoms with van der Waals surface area (Å²) in [6, 6.07) is 9.89. The van der Waals surface area contributed by atoms with Gasteiger partial charge in [-0.15, -0.1) is 5.10 Å². The van der Waals surface area contributed by atoms with Crippen molar-refractivity contribution in [3.63, 3.8) is 0 Å². The predicted octanol–water partition coefficient (Wildman–Crippen LogP) is 0.899. The first-order chi connectivity index (χ1) is 9.74. The Balaban J connectivity index is 2.08. The Morgan fingerprint density at radius 1 is 1.35 bits per heavy atom. The van der Waals surface area contributed by atoms with Crippen LogP contribution < -0.4 is 5.73 Å². The molecule has 0 aliphatic carbocycles. The number of benzene rings is 1. The van der Waals surface area contributed by atoms with E-state index in [1.807, 2.05) is 37.3 Å². The zero-order chi connectivity index (χ0) is 14.4. The van der Waals surface area contributed by atoms with Crippen LogP contribution in [0.25, 0.3) is 0 Å². The van der Waals surface area contributed by atoms with Crippen LogP contribution in [-0.2, 0) is 13.1 Å². The average molecular weight is 273 g/mol. The summed E-state index contributed by atoms with van der Waals surface area (Å²) in [7, 11) is 0. The SMILES string of the molecule is CCN(Cc1ccccc1)C(=O)c1cn(CCN)nn1. The topological polar surface area (TPSA) is 77.0 Å². The number of nitrogens with two attached hydrogens (primary N) is 1. The standard InChI is InChI=1S/C14H19N5O/c1-2-18(10-12-6-4-3-5-7-12)14(20)13-11-19(9-8-15)17-16-13/h3-7,11H,2,8-10,15H2,1H3. The molecule has 0 spiro atoms. The summed E-state index contributed by atoms with van der Waals surface area (Å²) in [4.78, 5) is 14.1. The average Bonchev–Trinajstić information content (AvgIpc) is 2.94. The first kappa shape index (κ1) is 14.2. The van der Waals surface area contributed by atoms with Crippen molar-refractivity contribution in [2.24, 2.45) is 5.73 Å². The molecule has 0 saturated carbocycles. The van der Waals surface area contributed by atoms with E-state index >= 15 is 0 Å². The Morgan fingerprint density at radius 2 is 2.10 bits per heavy atom. The first-order valence-corrected chi connectivity index (χ1v) is 6.68. The minimum atomic E-state index is -0.111. The van der Waals surface area contributed by atoms with Crippen molar-refractivity contribution < 1.29 is 4.79 Å². The van der Waals surface area contributed by atoms with Crippen LogP contribution in [0.1, 0.15) is 23.0 Å². The van der Waals surface area contributed by atoms with Crippen LogP contribution in [0.3, 0.4) is 0 Å². The third kappa shape index (κ3) is 3.42. The fourth-order valence-electron chi connectivity index (χ4n) is 1.93. The van der Waals surface area contributed by atoms with E-state index in [-0.39, 0.29) is 5.91 Å². The zero-order valence-electron chi connectivity index (χ0n) is 11.6. The lowest BCUT2D eigenvalue weighted by atomic mass is 10.2.